The van der Waals surface area contributed by atoms with Crippen molar-refractivity contribution in [2.45, 2.75) is 43.9 Å². The number of alkyl halides is 2. The molecule has 0 saturated heterocycles. The molecule has 0 radical (unpaired) electrons. The van der Waals surface area contributed by atoms with Crippen LogP contribution in [0.2, 0.25) is 0 Å². The SMILES string of the molecule is Cc1ncc(-c2ccc(S(=O)(=O)C(C)C)cc2)nc1-c1nnc(-c2ccc(CNCC(F)F)s2)o1. The van der Waals surface area contributed by atoms with Crippen molar-refractivity contribution in [2.24, 2.45) is 0 Å². The second-order valence-corrected chi connectivity index (χ2v) is 11.7. The zero-order valence-electron chi connectivity index (χ0n) is 19.2. The Hall–Kier alpha value is -3.09. The fraction of sp³-hybridized carbons (Fsp3) is 0.304. The number of nitrogens with one attached hydrogen (secondary N) is 1. The van der Waals surface area contributed by atoms with Crippen LogP contribution in [0.4, 0.5) is 8.78 Å². The third-order valence-corrected chi connectivity index (χ3v) is 8.40. The van der Waals surface area contributed by atoms with E-state index < -0.39 is 21.5 Å². The Bertz CT molecular complexity index is 1420. The molecule has 0 amide bonds. The summed E-state index contributed by atoms with van der Waals surface area (Å²) in [5, 5.41) is 10.4. The van der Waals surface area contributed by atoms with Crippen LogP contribution in [0.3, 0.4) is 0 Å². The molecule has 4 rings (SSSR count). The van der Waals surface area contributed by atoms with Crippen LogP contribution in [0.1, 0.15) is 24.4 Å². The third-order valence-electron chi connectivity index (χ3n) is 5.15. The smallest absolute Gasteiger partial charge is 0.268 e. The number of aryl methyl sites for hydroxylation is 1. The molecule has 184 valence electrons. The summed E-state index contributed by atoms with van der Waals surface area (Å²) in [7, 11) is -3.37. The lowest BCUT2D eigenvalue weighted by molar-refractivity contribution is 0.145. The molecule has 3 heterocycles. The number of benzene rings is 1. The van der Waals surface area contributed by atoms with Crippen LogP contribution in [-0.2, 0) is 16.4 Å². The summed E-state index contributed by atoms with van der Waals surface area (Å²) in [6.45, 7) is 5.00. The van der Waals surface area contributed by atoms with Gasteiger partial charge in [0, 0.05) is 17.0 Å². The molecular formula is C23H23F2N5O3S2. The molecule has 0 saturated carbocycles. The zero-order valence-corrected chi connectivity index (χ0v) is 20.8. The van der Waals surface area contributed by atoms with Crippen molar-refractivity contribution in [3.05, 3.63) is 53.2 Å². The highest BCUT2D eigenvalue weighted by molar-refractivity contribution is 7.92. The quantitative estimate of drug-likeness (QED) is 0.337. The summed E-state index contributed by atoms with van der Waals surface area (Å²) >= 11 is 1.37. The maximum absolute atomic E-state index is 12.4. The average molecular weight is 520 g/mol. The van der Waals surface area contributed by atoms with Crippen molar-refractivity contribution >= 4 is 21.2 Å². The first-order chi connectivity index (χ1) is 16.6. The first-order valence-corrected chi connectivity index (χ1v) is 13.1. The molecule has 0 fully saturated rings. The van der Waals surface area contributed by atoms with Gasteiger partial charge < -0.3 is 9.73 Å². The van der Waals surface area contributed by atoms with E-state index in [1.807, 2.05) is 6.07 Å². The van der Waals surface area contributed by atoms with E-state index in [4.69, 9.17) is 4.42 Å². The van der Waals surface area contributed by atoms with E-state index in [2.05, 4.69) is 25.5 Å². The fourth-order valence-electron chi connectivity index (χ4n) is 3.19. The minimum Gasteiger partial charge on any atom is -0.414 e. The van der Waals surface area contributed by atoms with Crippen LogP contribution in [0, 0.1) is 6.92 Å². The number of aromatic nitrogens is 4. The molecule has 12 heteroatoms. The Labute approximate surface area is 205 Å². The summed E-state index contributed by atoms with van der Waals surface area (Å²) in [5.41, 5.74) is 2.23. The Balaban J connectivity index is 1.56. The van der Waals surface area contributed by atoms with Crippen LogP contribution in [0.15, 0.2) is 51.9 Å². The van der Waals surface area contributed by atoms with Gasteiger partial charge in [-0.15, -0.1) is 21.5 Å². The van der Waals surface area contributed by atoms with Crippen LogP contribution >= 0.6 is 11.3 Å². The maximum Gasteiger partial charge on any atom is 0.268 e. The van der Waals surface area contributed by atoms with Crippen molar-refractivity contribution in [1.29, 1.82) is 0 Å². The van der Waals surface area contributed by atoms with Crippen molar-refractivity contribution in [2.75, 3.05) is 6.54 Å². The molecule has 3 aromatic heterocycles. The lowest BCUT2D eigenvalue weighted by atomic mass is 10.1. The minimum absolute atomic E-state index is 0.191. The predicted octanol–water partition coefficient (Wildman–Crippen LogP) is 4.77. The summed E-state index contributed by atoms with van der Waals surface area (Å²) in [5.74, 6) is 0.483. The molecule has 0 unspecified atom stereocenters. The van der Waals surface area contributed by atoms with E-state index >= 15 is 0 Å². The van der Waals surface area contributed by atoms with E-state index in [0.29, 0.717) is 40.0 Å². The van der Waals surface area contributed by atoms with Gasteiger partial charge in [-0.25, -0.2) is 22.2 Å². The largest absolute Gasteiger partial charge is 0.414 e. The minimum atomic E-state index is -3.37. The van der Waals surface area contributed by atoms with Gasteiger partial charge in [0.2, 0.25) is 0 Å². The molecule has 8 nitrogen and oxygen atoms in total. The van der Waals surface area contributed by atoms with Gasteiger partial charge in [0.15, 0.2) is 9.84 Å². The second kappa shape index (κ2) is 10.3. The molecule has 1 aromatic carbocycles. The first-order valence-electron chi connectivity index (χ1n) is 10.7. The number of rotatable bonds is 9. The van der Waals surface area contributed by atoms with Crippen molar-refractivity contribution in [3.8, 4) is 33.6 Å². The van der Waals surface area contributed by atoms with Gasteiger partial charge in [-0.3, -0.25) is 4.98 Å². The lowest BCUT2D eigenvalue weighted by Gasteiger charge is -2.09. The third kappa shape index (κ3) is 5.60. The summed E-state index contributed by atoms with van der Waals surface area (Å²) in [4.78, 5) is 10.8. The number of hydrogen-bond acceptors (Lipinski definition) is 9. The van der Waals surface area contributed by atoms with Gasteiger partial charge in [-0.05, 0) is 45.0 Å². The highest BCUT2D eigenvalue weighted by Gasteiger charge is 2.20. The fourth-order valence-corrected chi connectivity index (χ4v) is 5.15. The lowest BCUT2D eigenvalue weighted by Crippen LogP contribution is -2.19. The molecule has 0 bridgehead atoms. The maximum atomic E-state index is 12.4. The number of thiophene rings is 1. The normalized spacial score (nSPS) is 12.1. The van der Waals surface area contributed by atoms with Gasteiger partial charge in [-0.2, -0.15) is 0 Å². The van der Waals surface area contributed by atoms with Gasteiger partial charge in [0.05, 0.1) is 39.2 Å². The van der Waals surface area contributed by atoms with Gasteiger partial charge in [0.25, 0.3) is 18.2 Å². The predicted molar refractivity (Wildman–Crippen MR) is 129 cm³/mol. The van der Waals surface area contributed by atoms with Gasteiger partial charge in [0.1, 0.15) is 5.69 Å². The Morgan fingerprint density at radius 1 is 1.06 bits per heavy atom. The molecule has 35 heavy (non-hydrogen) atoms. The summed E-state index contributed by atoms with van der Waals surface area (Å²) < 4.78 is 55.2. The van der Waals surface area contributed by atoms with Crippen LogP contribution in [0.25, 0.3) is 33.6 Å². The Morgan fingerprint density at radius 2 is 1.77 bits per heavy atom. The number of halogens is 2. The van der Waals surface area contributed by atoms with Crippen molar-refractivity contribution < 1.29 is 21.6 Å². The molecule has 0 aliphatic carbocycles. The van der Waals surface area contributed by atoms with Gasteiger partial charge >= 0.3 is 0 Å². The van der Waals surface area contributed by atoms with Crippen LogP contribution in [-0.4, -0.2) is 46.8 Å². The standard InChI is InChI=1S/C23H23F2N5O3S2/c1-13(2)35(31,32)17-7-4-15(5-8-17)18-11-27-14(3)21(28-18)23-30-29-22(33-23)19-9-6-16(34-19)10-26-12-20(24)25/h4-9,11,13,20,26H,10,12H2,1-3H3. The number of nitrogens with zero attached hydrogens (tertiary/aromatic N) is 4. The van der Waals surface area contributed by atoms with Crippen molar-refractivity contribution in [3.63, 3.8) is 0 Å². The Kier molecular flexibility index (Phi) is 7.33. The average Bonchev–Trinajstić information content (AvgIpc) is 3.49. The summed E-state index contributed by atoms with van der Waals surface area (Å²) in [6.07, 6.45) is -0.806. The van der Waals surface area contributed by atoms with E-state index in [9.17, 15) is 17.2 Å². The van der Waals surface area contributed by atoms with E-state index in [0.717, 1.165) is 4.88 Å². The highest BCUT2D eigenvalue weighted by Crippen LogP contribution is 2.31. The number of sulfone groups is 1. The Morgan fingerprint density at radius 3 is 2.46 bits per heavy atom. The molecule has 0 spiro atoms. The molecule has 0 atom stereocenters. The van der Waals surface area contributed by atoms with Crippen molar-refractivity contribution in [1.82, 2.24) is 25.5 Å². The molecule has 1 N–H and O–H groups in total. The molecule has 0 aliphatic rings. The topological polar surface area (TPSA) is 111 Å². The molecular weight excluding hydrogens is 496 g/mol. The zero-order chi connectivity index (χ0) is 25.2. The number of hydrogen-bond donors (Lipinski definition) is 1. The first kappa shape index (κ1) is 25.0. The summed E-state index contributed by atoms with van der Waals surface area (Å²) in [6, 6.07) is 10.1. The van der Waals surface area contributed by atoms with E-state index in [1.54, 1.807) is 57.3 Å². The van der Waals surface area contributed by atoms with Gasteiger partial charge in [-0.1, -0.05) is 12.1 Å². The monoisotopic (exact) mass is 519 g/mol. The highest BCUT2D eigenvalue weighted by atomic mass is 32.2. The second-order valence-electron chi connectivity index (χ2n) is 8.01. The van der Waals surface area contributed by atoms with Crippen LogP contribution in [0.5, 0.6) is 0 Å². The molecule has 0 aliphatic heterocycles. The van der Waals surface area contributed by atoms with Crippen LogP contribution < -0.4 is 5.32 Å². The molecule has 4 aromatic rings. The van der Waals surface area contributed by atoms with E-state index in [1.165, 1.54) is 11.3 Å². The van der Waals surface area contributed by atoms with E-state index in [-0.39, 0.29) is 17.3 Å².